The maximum Gasteiger partial charge on any atom is 0.415 e. The average molecular weight is 564 g/mol. The van der Waals surface area contributed by atoms with Crippen LogP contribution in [0.3, 0.4) is 0 Å². The van der Waals surface area contributed by atoms with Crippen molar-refractivity contribution in [3.05, 3.63) is 52.9 Å². The number of carbonyl (C=O) groups is 1. The molecule has 1 saturated heterocycles. The lowest BCUT2D eigenvalue weighted by molar-refractivity contribution is 0.0413. The molecule has 2 aromatic carbocycles. The van der Waals surface area contributed by atoms with Crippen LogP contribution in [0, 0.1) is 11.3 Å². The molecule has 1 amide bonds. The van der Waals surface area contributed by atoms with Crippen LogP contribution < -0.4 is 34.2 Å². The minimum atomic E-state index is -0.700. The fourth-order valence-electron chi connectivity index (χ4n) is 4.88. The fraction of sp³-hybridized carbons (Fsp3) is 0.321. The second-order valence-corrected chi connectivity index (χ2v) is 9.03. The van der Waals surface area contributed by atoms with Gasteiger partial charge in [-0.2, -0.15) is 5.26 Å². The summed E-state index contributed by atoms with van der Waals surface area (Å²) in [5.74, 6) is 1.25. The molecule has 0 bridgehead atoms. The van der Waals surface area contributed by atoms with Gasteiger partial charge in [0, 0.05) is 18.7 Å². The number of amides is 1. The summed E-state index contributed by atoms with van der Waals surface area (Å²) < 4.78 is 38.8. The molecule has 2 aliphatic heterocycles. The third kappa shape index (κ3) is 5.01. The third-order valence-corrected chi connectivity index (χ3v) is 6.88. The van der Waals surface area contributed by atoms with Gasteiger partial charge in [0.25, 0.3) is 0 Å². The van der Waals surface area contributed by atoms with Crippen LogP contribution in [0.15, 0.2) is 41.8 Å². The van der Waals surface area contributed by atoms with Crippen molar-refractivity contribution >= 4 is 6.09 Å². The molecule has 5 rings (SSSR count). The van der Waals surface area contributed by atoms with Crippen LogP contribution in [0.5, 0.6) is 34.6 Å². The van der Waals surface area contributed by atoms with E-state index in [1.807, 2.05) is 0 Å². The molecule has 3 N–H and O–H groups in total. The minimum Gasteiger partial charge on any atom is -0.493 e. The monoisotopic (exact) mass is 563 g/mol. The molecule has 0 unspecified atom stereocenters. The van der Waals surface area contributed by atoms with E-state index in [-0.39, 0.29) is 23.1 Å². The Morgan fingerprint density at radius 1 is 1.02 bits per heavy atom. The SMILES string of the molecule is COc1cc([C@@H]2C(C#N)=C(N)Oc3n[nH]c(-c4cc(OC)c(OC)c(OC)c4)c32)ccc1OC(=O)N1CCOCC1. The normalized spacial score (nSPS) is 16.3. The molecule has 3 aromatic rings. The van der Waals surface area contributed by atoms with Crippen LogP contribution in [-0.2, 0) is 4.74 Å². The number of hydrogen-bond acceptors (Lipinski definition) is 11. The molecule has 1 atom stereocenters. The Morgan fingerprint density at radius 2 is 1.71 bits per heavy atom. The van der Waals surface area contributed by atoms with E-state index in [1.165, 1.54) is 28.4 Å². The van der Waals surface area contributed by atoms with Gasteiger partial charge in [0.1, 0.15) is 11.6 Å². The fourth-order valence-corrected chi connectivity index (χ4v) is 4.88. The van der Waals surface area contributed by atoms with Crippen molar-refractivity contribution in [1.29, 1.82) is 5.26 Å². The molecule has 1 fully saturated rings. The Kier molecular flexibility index (Phi) is 7.75. The van der Waals surface area contributed by atoms with Crippen LogP contribution in [0.2, 0.25) is 0 Å². The zero-order chi connectivity index (χ0) is 29.1. The van der Waals surface area contributed by atoms with Crippen LogP contribution in [0.1, 0.15) is 17.0 Å². The van der Waals surface area contributed by atoms with Crippen molar-refractivity contribution in [1.82, 2.24) is 15.1 Å². The van der Waals surface area contributed by atoms with Crippen molar-refractivity contribution in [2.24, 2.45) is 5.73 Å². The lowest BCUT2D eigenvalue weighted by atomic mass is 9.83. The van der Waals surface area contributed by atoms with Gasteiger partial charge in [-0.05, 0) is 29.8 Å². The van der Waals surface area contributed by atoms with Crippen molar-refractivity contribution in [2.45, 2.75) is 5.92 Å². The first-order valence-corrected chi connectivity index (χ1v) is 12.6. The number of hydrogen-bond donors (Lipinski definition) is 2. The second-order valence-electron chi connectivity index (χ2n) is 9.03. The van der Waals surface area contributed by atoms with Crippen molar-refractivity contribution in [2.75, 3.05) is 54.7 Å². The number of benzene rings is 2. The number of nitriles is 1. The highest BCUT2D eigenvalue weighted by Gasteiger charge is 2.36. The summed E-state index contributed by atoms with van der Waals surface area (Å²) in [7, 11) is 6.03. The summed E-state index contributed by atoms with van der Waals surface area (Å²) in [5.41, 5.74) is 8.72. The Hall–Kier alpha value is -5.09. The topological polar surface area (TPSA) is 163 Å². The molecule has 13 nitrogen and oxygen atoms in total. The number of fused-ring (bicyclic) bond motifs is 1. The number of ether oxygens (including phenoxy) is 7. The predicted molar refractivity (Wildman–Crippen MR) is 144 cm³/mol. The van der Waals surface area contributed by atoms with E-state index >= 15 is 0 Å². The highest BCUT2D eigenvalue weighted by molar-refractivity contribution is 5.76. The summed E-state index contributed by atoms with van der Waals surface area (Å²) in [4.78, 5) is 14.3. The van der Waals surface area contributed by atoms with Gasteiger partial charge in [0.2, 0.25) is 17.5 Å². The summed E-state index contributed by atoms with van der Waals surface area (Å²) in [6.07, 6.45) is -0.505. The molecule has 41 heavy (non-hydrogen) atoms. The van der Waals surface area contributed by atoms with Gasteiger partial charge in [0.05, 0.1) is 58.8 Å². The van der Waals surface area contributed by atoms with E-state index in [1.54, 1.807) is 35.2 Å². The molecule has 1 aromatic heterocycles. The quantitative estimate of drug-likeness (QED) is 0.434. The van der Waals surface area contributed by atoms with Crippen LogP contribution >= 0.6 is 0 Å². The highest BCUT2D eigenvalue weighted by atomic mass is 16.6. The second kappa shape index (κ2) is 11.6. The van der Waals surface area contributed by atoms with Gasteiger partial charge in [-0.25, -0.2) is 4.79 Å². The zero-order valence-corrected chi connectivity index (χ0v) is 23.0. The number of morpholine rings is 1. The van der Waals surface area contributed by atoms with E-state index in [9.17, 15) is 10.1 Å². The molecule has 3 heterocycles. The molecule has 0 spiro atoms. The standard InChI is InChI=1S/C28H29N5O8/c1-35-19-11-15(5-6-18(19)40-28(34)33-7-9-39-10-8-33)22-17(14-29)26(30)41-27-23(22)24(31-32-27)16-12-20(36-2)25(38-4)21(13-16)37-3/h5-6,11-13,22H,7-10,30H2,1-4H3,(H,31,32)/t22-/m1/s1. The van der Waals surface area contributed by atoms with E-state index in [4.69, 9.17) is 38.9 Å². The van der Waals surface area contributed by atoms with Gasteiger partial charge in [-0.15, -0.1) is 5.10 Å². The van der Waals surface area contributed by atoms with Crippen molar-refractivity contribution < 1.29 is 38.0 Å². The first-order chi connectivity index (χ1) is 19.9. The van der Waals surface area contributed by atoms with E-state index in [0.717, 1.165) is 0 Å². The third-order valence-electron chi connectivity index (χ3n) is 6.88. The lowest BCUT2D eigenvalue weighted by Crippen LogP contribution is -2.42. The number of rotatable bonds is 7. The van der Waals surface area contributed by atoms with Gasteiger partial charge in [0.15, 0.2) is 23.0 Å². The van der Waals surface area contributed by atoms with Crippen LogP contribution in [0.25, 0.3) is 11.3 Å². The molecule has 0 aliphatic carbocycles. The smallest absolute Gasteiger partial charge is 0.415 e. The van der Waals surface area contributed by atoms with E-state index in [2.05, 4.69) is 16.3 Å². The first kappa shape index (κ1) is 27.5. The Morgan fingerprint density at radius 3 is 2.32 bits per heavy atom. The largest absolute Gasteiger partial charge is 0.493 e. The number of aromatic nitrogens is 2. The number of nitrogens with zero attached hydrogens (tertiary/aromatic N) is 3. The van der Waals surface area contributed by atoms with Gasteiger partial charge in [-0.3, -0.25) is 5.10 Å². The molecule has 13 heteroatoms. The van der Waals surface area contributed by atoms with E-state index in [0.29, 0.717) is 71.7 Å². The van der Waals surface area contributed by atoms with Gasteiger partial charge in [-0.1, -0.05) is 6.07 Å². The Labute approximate surface area is 235 Å². The Bertz CT molecular complexity index is 1510. The number of aromatic amines is 1. The number of nitrogens with one attached hydrogen (secondary N) is 1. The summed E-state index contributed by atoms with van der Waals surface area (Å²) in [6.45, 7) is 1.76. The van der Waals surface area contributed by atoms with Gasteiger partial charge >= 0.3 is 6.09 Å². The molecule has 0 saturated carbocycles. The maximum atomic E-state index is 12.7. The zero-order valence-electron chi connectivity index (χ0n) is 23.0. The molecule has 0 radical (unpaired) electrons. The molecular formula is C28H29N5O8. The summed E-state index contributed by atoms with van der Waals surface area (Å²) in [5, 5.41) is 17.5. The van der Waals surface area contributed by atoms with Crippen molar-refractivity contribution in [3.63, 3.8) is 0 Å². The van der Waals surface area contributed by atoms with Crippen LogP contribution in [0.4, 0.5) is 4.79 Å². The number of allylic oxidation sites excluding steroid dienone is 1. The Balaban J connectivity index is 1.59. The summed E-state index contributed by atoms with van der Waals surface area (Å²) >= 11 is 0. The average Bonchev–Trinajstić information content (AvgIpc) is 3.43. The molecule has 2 aliphatic rings. The number of carbonyl (C=O) groups excluding carboxylic acids is 1. The number of methoxy groups -OCH3 is 4. The summed E-state index contributed by atoms with van der Waals surface area (Å²) in [6, 6.07) is 10.7. The van der Waals surface area contributed by atoms with Crippen molar-refractivity contribution in [3.8, 4) is 52.0 Å². The molecule has 214 valence electrons. The maximum absolute atomic E-state index is 12.7. The lowest BCUT2D eigenvalue weighted by Gasteiger charge is -2.27. The first-order valence-electron chi connectivity index (χ1n) is 12.6. The molecular weight excluding hydrogens is 534 g/mol. The number of H-pyrrole nitrogens is 1. The number of nitrogens with two attached hydrogens (primary N) is 1. The van der Waals surface area contributed by atoms with Gasteiger partial charge < -0.3 is 43.8 Å². The minimum absolute atomic E-state index is 0.0743. The van der Waals surface area contributed by atoms with E-state index < -0.39 is 12.0 Å². The highest BCUT2D eigenvalue weighted by Crippen LogP contribution is 2.49. The predicted octanol–water partition coefficient (Wildman–Crippen LogP) is 3.16. The van der Waals surface area contributed by atoms with Crippen LogP contribution in [-0.4, -0.2) is 75.9 Å².